The van der Waals surface area contributed by atoms with E-state index in [0.29, 0.717) is 22.7 Å². The van der Waals surface area contributed by atoms with Crippen molar-refractivity contribution < 1.29 is 28.4 Å². The molecule has 1 fully saturated rings. The van der Waals surface area contributed by atoms with Crippen LogP contribution in [-0.2, 0) is 14.3 Å². The standard InChI is InChI=1S/C24H23FN3O4/c1-3-24(31)14-6-18-21-12(8-28(18)22(29)13(14)9-32-23(24)30)19-16(26)5-4-11-10(2)15(25)7-17(27-21)20(11)19/h6-8,11,16,20,31H,3-5,9,26H2,1-2H3/q+1/t11?,16-,20?,24-/m0/s1. The van der Waals surface area contributed by atoms with Crippen LogP contribution in [0.5, 0.6) is 0 Å². The molecule has 7 nitrogen and oxygen atoms in total. The number of carbonyl (C=O) groups excluding carboxylic acids is 2. The number of dihydropyridines is 1. The molecule has 0 aromatic heterocycles. The van der Waals surface area contributed by atoms with Crippen LogP contribution in [-0.4, -0.2) is 51.7 Å². The highest BCUT2D eigenvalue weighted by Gasteiger charge is 2.55. The predicted octanol–water partition coefficient (Wildman–Crippen LogP) is 1.75. The maximum absolute atomic E-state index is 14.7. The molecule has 0 radical (unpaired) electrons. The van der Waals surface area contributed by atoms with Gasteiger partial charge in [-0.25, -0.2) is 19.0 Å². The fraction of sp³-hybridized carbons (Fsp3) is 0.417. The van der Waals surface area contributed by atoms with E-state index in [1.807, 2.05) is 6.92 Å². The molecule has 0 bridgehead atoms. The highest BCUT2D eigenvalue weighted by molar-refractivity contribution is 6.29. The topological polar surface area (TPSA) is 105 Å². The lowest BCUT2D eigenvalue weighted by molar-refractivity contribution is -0.381. The van der Waals surface area contributed by atoms with E-state index in [2.05, 4.69) is 0 Å². The molecule has 0 saturated heterocycles. The Bertz CT molecular complexity index is 1260. The number of nitrogens with two attached hydrogens (primary N) is 1. The first-order valence-electron chi connectivity index (χ1n) is 11.0. The second kappa shape index (κ2) is 6.30. The van der Waals surface area contributed by atoms with Crippen LogP contribution in [0.2, 0.25) is 0 Å². The second-order valence-corrected chi connectivity index (χ2v) is 9.21. The summed E-state index contributed by atoms with van der Waals surface area (Å²) in [6, 6.07) is -0.220. The van der Waals surface area contributed by atoms with Crippen LogP contribution in [0.3, 0.4) is 0 Å². The van der Waals surface area contributed by atoms with Gasteiger partial charge in [-0.15, -0.1) is 4.58 Å². The molecule has 4 aliphatic heterocycles. The first kappa shape index (κ1) is 19.7. The van der Waals surface area contributed by atoms with E-state index in [1.54, 1.807) is 19.2 Å². The smallest absolute Gasteiger partial charge is 0.425 e. The maximum atomic E-state index is 14.7. The summed E-state index contributed by atoms with van der Waals surface area (Å²) in [5.41, 5.74) is 9.25. The molecule has 0 aromatic rings. The number of rotatable bonds is 1. The molecule has 8 heteroatoms. The Morgan fingerprint density at radius 2 is 2.12 bits per heavy atom. The molecule has 32 heavy (non-hydrogen) atoms. The third kappa shape index (κ3) is 2.26. The minimum atomic E-state index is -1.89. The number of carbonyl (C=O) groups is 2. The lowest BCUT2D eigenvalue weighted by atomic mass is 9.65. The fourth-order valence-electron chi connectivity index (χ4n) is 5.91. The van der Waals surface area contributed by atoms with Crippen molar-refractivity contribution in [2.75, 3.05) is 6.61 Å². The van der Waals surface area contributed by atoms with Crippen LogP contribution in [0.25, 0.3) is 0 Å². The van der Waals surface area contributed by atoms with Crippen LogP contribution in [0.1, 0.15) is 33.1 Å². The zero-order chi connectivity index (χ0) is 22.5. The monoisotopic (exact) mass is 436 g/mol. The molecule has 4 atom stereocenters. The Morgan fingerprint density at radius 1 is 1.34 bits per heavy atom. The number of allylic oxidation sites excluding steroid dienone is 5. The van der Waals surface area contributed by atoms with Crippen LogP contribution in [0.15, 0.2) is 62.2 Å². The summed E-state index contributed by atoms with van der Waals surface area (Å²) >= 11 is 0. The number of hydrogen-bond acceptors (Lipinski definition) is 6. The lowest BCUT2D eigenvalue weighted by Crippen LogP contribution is -2.48. The number of nitrogens with zero attached hydrogens (tertiary/aromatic N) is 2. The Hall–Kier alpha value is -2.97. The molecule has 0 spiro atoms. The molecule has 3 N–H and O–H groups in total. The van der Waals surface area contributed by atoms with Crippen molar-refractivity contribution in [1.29, 1.82) is 0 Å². The van der Waals surface area contributed by atoms with Gasteiger partial charge in [-0.05, 0) is 49.3 Å². The molecule has 2 unspecified atom stereocenters. The SMILES string of the molecule is CC[C@@]1(O)C(=O)OCC2=C1C=C1C3=NC4=CC(F)=C(C)C5CC[C@H](N)C(=C3C=[N+]1C2=O)C45. The van der Waals surface area contributed by atoms with Gasteiger partial charge in [0, 0.05) is 23.6 Å². The van der Waals surface area contributed by atoms with Crippen LogP contribution in [0, 0.1) is 11.8 Å². The number of hydrogen-bond donors (Lipinski definition) is 2. The minimum absolute atomic E-state index is 0.000782. The first-order valence-corrected chi connectivity index (χ1v) is 11.0. The summed E-state index contributed by atoms with van der Waals surface area (Å²) in [5.74, 6) is -1.50. The first-order chi connectivity index (χ1) is 15.3. The molecule has 6 rings (SSSR count). The molecule has 1 saturated carbocycles. The molecular formula is C24H23FN3O4+. The van der Waals surface area contributed by atoms with Gasteiger partial charge in [-0.1, -0.05) is 6.92 Å². The summed E-state index contributed by atoms with van der Waals surface area (Å²) in [7, 11) is 0. The maximum Gasteiger partial charge on any atom is 0.425 e. The van der Waals surface area contributed by atoms with Gasteiger partial charge in [0.1, 0.15) is 23.7 Å². The van der Waals surface area contributed by atoms with Gasteiger partial charge < -0.3 is 15.6 Å². The molecule has 0 aromatic carbocycles. The Balaban J connectivity index is 1.59. The molecule has 2 aliphatic carbocycles. The minimum Gasteiger partial charge on any atom is -0.458 e. The Morgan fingerprint density at radius 3 is 2.88 bits per heavy atom. The van der Waals surface area contributed by atoms with Crippen molar-refractivity contribution in [2.24, 2.45) is 22.6 Å². The third-order valence-electron chi connectivity index (χ3n) is 7.74. The van der Waals surface area contributed by atoms with E-state index >= 15 is 0 Å². The predicted molar refractivity (Wildman–Crippen MR) is 113 cm³/mol. The molecule has 164 valence electrons. The van der Waals surface area contributed by atoms with E-state index in [-0.39, 0.29) is 53.8 Å². The van der Waals surface area contributed by atoms with Gasteiger partial charge in [0.05, 0.1) is 11.3 Å². The van der Waals surface area contributed by atoms with E-state index in [4.69, 9.17) is 15.5 Å². The third-order valence-corrected chi connectivity index (χ3v) is 7.74. The lowest BCUT2D eigenvalue weighted by Gasteiger charge is -2.42. The van der Waals surface area contributed by atoms with Gasteiger partial charge in [-0.2, -0.15) is 0 Å². The zero-order valence-electron chi connectivity index (χ0n) is 17.8. The van der Waals surface area contributed by atoms with E-state index < -0.39 is 11.6 Å². The summed E-state index contributed by atoms with van der Waals surface area (Å²) in [5, 5.41) is 11.0. The average Bonchev–Trinajstić information content (AvgIpc) is 3.14. The number of esters is 1. The average molecular weight is 436 g/mol. The van der Waals surface area contributed by atoms with Crippen molar-refractivity contribution in [3.63, 3.8) is 0 Å². The quantitative estimate of drug-likeness (QED) is 0.481. The number of cyclic esters (lactones) is 1. The number of halogens is 1. The number of amides is 1. The van der Waals surface area contributed by atoms with Gasteiger partial charge in [-0.3, -0.25) is 0 Å². The molecular weight excluding hydrogens is 413 g/mol. The van der Waals surface area contributed by atoms with Crippen LogP contribution < -0.4 is 5.73 Å². The van der Waals surface area contributed by atoms with Crippen molar-refractivity contribution >= 4 is 23.8 Å². The fourth-order valence-corrected chi connectivity index (χ4v) is 5.91. The van der Waals surface area contributed by atoms with Crippen molar-refractivity contribution in [2.45, 2.75) is 44.8 Å². The molecule has 6 aliphatic rings. The number of aliphatic imine (C=N–C) groups is 1. The normalized spacial score (nSPS) is 35.3. The van der Waals surface area contributed by atoms with Gasteiger partial charge >= 0.3 is 11.9 Å². The van der Waals surface area contributed by atoms with Crippen molar-refractivity contribution in [3.8, 4) is 0 Å². The summed E-state index contributed by atoms with van der Waals surface area (Å²) < 4.78 is 21.3. The summed E-state index contributed by atoms with van der Waals surface area (Å²) in [6.07, 6.45) is 6.44. The highest BCUT2D eigenvalue weighted by Crippen LogP contribution is 2.51. The van der Waals surface area contributed by atoms with Gasteiger partial charge in [0.2, 0.25) is 5.70 Å². The van der Waals surface area contributed by atoms with E-state index in [1.165, 1.54) is 10.7 Å². The van der Waals surface area contributed by atoms with Crippen LogP contribution >= 0.6 is 0 Å². The van der Waals surface area contributed by atoms with Crippen LogP contribution in [0.4, 0.5) is 4.39 Å². The number of aliphatic hydroxyl groups is 1. The molecule has 4 heterocycles. The van der Waals surface area contributed by atoms with Crippen molar-refractivity contribution in [1.82, 2.24) is 0 Å². The Labute approximate surface area is 183 Å². The van der Waals surface area contributed by atoms with Crippen molar-refractivity contribution in [3.05, 3.63) is 57.2 Å². The number of ether oxygens (including phenoxy) is 1. The van der Waals surface area contributed by atoms with Gasteiger partial charge in [0.25, 0.3) is 0 Å². The summed E-state index contributed by atoms with van der Waals surface area (Å²) in [6.45, 7) is 3.29. The summed E-state index contributed by atoms with van der Waals surface area (Å²) in [4.78, 5) is 30.5. The zero-order valence-corrected chi connectivity index (χ0v) is 17.8. The number of fused-ring (bicyclic) bond motifs is 3. The second-order valence-electron chi connectivity index (χ2n) is 9.21. The van der Waals surface area contributed by atoms with Gasteiger partial charge in [0.15, 0.2) is 11.8 Å². The Kier molecular flexibility index (Phi) is 3.88. The largest absolute Gasteiger partial charge is 0.458 e. The molecule has 1 amide bonds. The van der Waals surface area contributed by atoms with E-state index in [0.717, 1.165) is 24.0 Å². The van der Waals surface area contributed by atoms with E-state index in [9.17, 15) is 19.1 Å². The highest BCUT2D eigenvalue weighted by atomic mass is 19.1.